The molecule has 0 bridgehead atoms. The Hall–Kier alpha value is -1.57. The smallest absolute Gasteiger partial charge is 0.368 e. The lowest BCUT2D eigenvalue weighted by atomic mass is 10.2. The lowest BCUT2D eigenvalue weighted by Gasteiger charge is -2.05. The molecule has 0 fully saturated rings. The molecule has 8 heteroatoms. The summed E-state index contributed by atoms with van der Waals surface area (Å²) in [5, 5.41) is 6.10. The topological polar surface area (TPSA) is 72.9 Å². The summed E-state index contributed by atoms with van der Waals surface area (Å²) in [6, 6.07) is 0. The number of carbonyl (C=O) groups excluding carboxylic acids is 1. The summed E-state index contributed by atoms with van der Waals surface area (Å²) in [5.74, 6) is -0.740. The second kappa shape index (κ2) is 5.17. The van der Waals surface area contributed by atoms with Crippen molar-refractivity contribution in [2.75, 3.05) is 6.54 Å². The molecule has 1 rings (SSSR count). The van der Waals surface area contributed by atoms with Crippen LogP contribution in [0.15, 0.2) is 6.20 Å². The van der Waals surface area contributed by atoms with Crippen LogP contribution < -0.4 is 11.1 Å². The van der Waals surface area contributed by atoms with Crippen molar-refractivity contribution in [3.8, 4) is 0 Å². The minimum atomic E-state index is -4.53. The van der Waals surface area contributed by atoms with Crippen molar-refractivity contribution in [1.82, 2.24) is 15.1 Å². The highest BCUT2D eigenvalue weighted by atomic mass is 19.4. The number of alkyl halides is 3. The Balaban J connectivity index is 2.99. The molecule has 0 aliphatic rings. The molecule has 17 heavy (non-hydrogen) atoms. The van der Waals surface area contributed by atoms with Gasteiger partial charge in [0.2, 0.25) is 5.91 Å². The number of nitrogens with two attached hydrogens (primary N) is 1. The summed E-state index contributed by atoms with van der Waals surface area (Å²) in [6.07, 6.45) is -3.36. The standard InChI is InChI=1S/C9H13F3N4O/c1-2-14-3-6-4-16(5-7(13)17)15-8(6)9(10,11)12/h4,14H,2-3,5H2,1H3,(H2,13,17). The highest BCUT2D eigenvalue weighted by Gasteiger charge is 2.36. The molecule has 1 heterocycles. The van der Waals surface area contributed by atoms with E-state index < -0.39 is 17.8 Å². The summed E-state index contributed by atoms with van der Waals surface area (Å²) in [6.45, 7) is 2.00. The van der Waals surface area contributed by atoms with Crippen molar-refractivity contribution in [2.24, 2.45) is 5.73 Å². The number of nitrogens with zero attached hydrogens (tertiary/aromatic N) is 2. The first-order valence-electron chi connectivity index (χ1n) is 4.97. The number of hydrogen-bond donors (Lipinski definition) is 2. The fourth-order valence-electron chi connectivity index (χ4n) is 1.33. The van der Waals surface area contributed by atoms with Crippen LogP contribution in [0.2, 0.25) is 0 Å². The summed E-state index contributed by atoms with van der Waals surface area (Å²) < 4.78 is 38.7. The van der Waals surface area contributed by atoms with Crippen LogP contribution in [0.3, 0.4) is 0 Å². The minimum Gasteiger partial charge on any atom is -0.368 e. The van der Waals surface area contributed by atoms with E-state index in [0.717, 1.165) is 4.68 Å². The maximum absolute atomic E-state index is 12.6. The molecule has 0 radical (unpaired) electrons. The number of aromatic nitrogens is 2. The Morgan fingerprint density at radius 2 is 2.24 bits per heavy atom. The van der Waals surface area contributed by atoms with Gasteiger partial charge in [0, 0.05) is 18.3 Å². The number of carbonyl (C=O) groups is 1. The van der Waals surface area contributed by atoms with E-state index >= 15 is 0 Å². The van der Waals surface area contributed by atoms with Crippen LogP contribution in [0.25, 0.3) is 0 Å². The molecule has 0 aliphatic heterocycles. The van der Waals surface area contributed by atoms with Crippen molar-refractivity contribution >= 4 is 5.91 Å². The quantitative estimate of drug-likeness (QED) is 0.799. The van der Waals surface area contributed by atoms with E-state index in [1.807, 2.05) is 0 Å². The first kappa shape index (κ1) is 13.5. The number of rotatable bonds is 5. The normalized spacial score (nSPS) is 11.8. The Labute approximate surface area is 95.8 Å². The van der Waals surface area contributed by atoms with Crippen LogP contribution >= 0.6 is 0 Å². The van der Waals surface area contributed by atoms with Gasteiger partial charge in [-0.1, -0.05) is 6.92 Å². The van der Waals surface area contributed by atoms with Crippen LogP contribution in [0.4, 0.5) is 13.2 Å². The first-order chi connectivity index (χ1) is 7.84. The number of primary amides is 1. The molecule has 0 unspecified atom stereocenters. The molecule has 3 N–H and O–H groups in total. The summed E-state index contributed by atoms with van der Waals surface area (Å²) in [7, 11) is 0. The molecule has 1 aromatic heterocycles. The van der Waals surface area contributed by atoms with Gasteiger partial charge in [-0.3, -0.25) is 9.48 Å². The van der Waals surface area contributed by atoms with Crippen molar-refractivity contribution in [1.29, 1.82) is 0 Å². The summed E-state index contributed by atoms with van der Waals surface area (Å²) >= 11 is 0. The Morgan fingerprint density at radius 1 is 1.59 bits per heavy atom. The highest BCUT2D eigenvalue weighted by Crippen LogP contribution is 2.30. The predicted octanol–water partition coefficient (Wildman–Crippen LogP) is 0.497. The van der Waals surface area contributed by atoms with Gasteiger partial charge in [0.05, 0.1) is 0 Å². The first-order valence-corrected chi connectivity index (χ1v) is 4.97. The van der Waals surface area contributed by atoms with E-state index in [-0.39, 0.29) is 18.7 Å². The van der Waals surface area contributed by atoms with Gasteiger partial charge < -0.3 is 11.1 Å². The zero-order chi connectivity index (χ0) is 13.1. The van der Waals surface area contributed by atoms with Crippen molar-refractivity contribution < 1.29 is 18.0 Å². The third-order valence-corrected chi connectivity index (χ3v) is 1.99. The SMILES string of the molecule is CCNCc1cn(CC(N)=O)nc1C(F)(F)F. The highest BCUT2D eigenvalue weighted by molar-refractivity contribution is 5.73. The van der Waals surface area contributed by atoms with Crippen molar-refractivity contribution in [3.63, 3.8) is 0 Å². The van der Waals surface area contributed by atoms with Crippen LogP contribution in [-0.4, -0.2) is 22.2 Å². The predicted molar refractivity (Wildman–Crippen MR) is 53.8 cm³/mol. The number of hydrogen-bond acceptors (Lipinski definition) is 3. The van der Waals surface area contributed by atoms with Gasteiger partial charge >= 0.3 is 6.18 Å². The van der Waals surface area contributed by atoms with Gasteiger partial charge in [-0.05, 0) is 6.54 Å². The molecule has 0 spiro atoms. The van der Waals surface area contributed by atoms with E-state index in [1.165, 1.54) is 6.20 Å². The Morgan fingerprint density at radius 3 is 2.71 bits per heavy atom. The molecule has 1 aromatic rings. The van der Waals surface area contributed by atoms with Crippen LogP contribution in [0.1, 0.15) is 18.2 Å². The Kier molecular flexibility index (Phi) is 4.11. The van der Waals surface area contributed by atoms with Crippen LogP contribution in [0.5, 0.6) is 0 Å². The van der Waals surface area contributed by atoms with E-state index in [1.54, 1.807) is 6.92 Å². The van der Waals surface area contributed by atoms with E-state index in [4.69, 9.17) is 5.73 Å². The van der Waals surface area contributed by atoms with Gasteiger partial charge in [0.15, 0.2) is 5.69 Å². The Bertz CT molecular complexity index is 399. The third-order valence-electron chi connectivity index (χ3n) is 1.99. The molecule has 5 nitrogen and oxygen atoms in total. The largest absolute Gasteiger partial charge is 0.435 e. The molecule has 0 aliphatic carbocycles. The number of nitrogens with one attached hydrogen (secondary N) is 1. The molecular formula is C9H13F3N4O. The number of halogens is 3. The maximum atomic E-state index is 12.6. The lowest BCUT2D eigenvalue weighted by Crippen LogP contribution is -2.19. The fraction of sp³-hybridized carbons (Fsp3) is 0.556. The molecular weight excluding hydrogens is 237 g/mol. The second-order valence-electron chi connectivity index (χ2n) is 3.44. The second-order valence-corrected chi connectivity index (χ2v) is 3.44. The summed E-state index contributed by atoms with van der Waals surface area (Å²) in [4.78, 5) is 10.6. The molecule has 0 atom stereocenters. The summed E-state index contributed by atoms with van der Waals surface area (Å²) in [5.41, 5.74) is 3.91. The molecule has 0 saturated heterocycles. The van der Waals surface area contributed by atoms with E-state index in [9.17, 15) is 18.0 Å². The van der Waals surface area contributed by atoms with Gasteiger partial charge in [-0.15, -0.1) is 0 Å². The molecule has 1 amide bonds. The van der Waals surface area contributed by atoms with E-state index in [0.29, 0.717) is 6.54 Å². The maximum Gasteiger partial charge on any atom is 0.435 e. The van der Waals surface area contributed by atoms with E-state index in [2.05, 4.69) is 10.4 Å². The average molecular weight is 250 g/mol. The van der Waals surface area contributed by atoms with Gasteiger partial charge in [-0.25, -0.2) is 0 Å². The van der Waals surface area contributed by atoms with Crippen molar-refractivity contribution in [2.45, 2.75) is 26.2 Å². The van der Waals surface area contributed by atoms with Gasteiger partial charge in [-0.2, -0.15) is 18.3 Å². The van der Waals surface area contributed by atoms with Gasteiger partial charge in [0.1, 0.15) is 6.54 Å². The third kappa shape index (κ3) is 3.74. The van der Waals surface area contributed by atoms with Gasteiger partial charge in [0.25, 0.3) is 0 Å². The van der Waals surface area contributed by atoms with Crippen molar-refractivity contribution in [3.05, 3.63) is 17.5 Å². The zero-order valence-electron chi connectivity index (χ0n) is 9.21. The molecule has 0 aromatic carbocycles. The fourth-order valence-corrected chi connectivity index (χ4v) is 1.33. The lowest BCUT2D eigenvalue weighted by molar-refractivity contribution is -0.142. The minimum absolute atomic E-state index is 0.000556. The molecule has 0 saturated carbocycles. The molecule has 96 valence electrons. The zero-order valence-corrected chi connectivity index (χ0v) is 9.21. The van der Waals surface area contributed by atoms with Crippen LogP contribution in [-0.2, 0) is 24.1 Å². The average Bonchev–Trinajstić information content (AvgIpc) is 2.56. The van der Waals surface area contributed by atoms with Crippen LogP contribution in [0, 0.1) is 0 Å². The monoisotopic (exact) mass is 250 g/mol. The number of amides is 1.